The second-order valence-corrected chi connectivity index (χ2v) is 7.00. The average molecular weight is 319 g/mol. The summed E-state index contributed by atoms with van der Waals surface area (Å²) in [7, 11) is -4.27. The van der Waals surface area contributed by atoms with Gasteiger partial charge in [0, 0.05) is 6.20 Å². The molecule has 0 aliphatic carbocycles. The van der Waals surface area contributed by atoms with E-state index in [0.29, 0.717) is 0 Å². The quantitative estimate of drug-likeness (QED) is 0.613. The number of ether oxygens (including phenoxy) is 1. The third-order valence-corrected chi connectivity index (χ3v) is 3.71. The number of H-pyrrole nitrogens is 2. The van der Waals surface area contributed by atoms with Crippen LogP contribution in [0, 0.1) is 0 Å². The molecule has 1 rings (SSSR count). The highest BCUT2D eigenvalue weighted by Gasteiger charge is 2.28. The number of carbonyl (C=O) groups is 1. The Balaban J connectivity index is 2.98. The normalized spacial score (nSPS) is 13.7. The van der Waals surface area contributed by atoms with Crippen LogP contribution in [0.2, 0.25) is 0 Å². The molecule has 0 saturated carbocycles. The van der Waals surface area contributed by atoms with E-state index in [-0.39, 0.29) is 0 Å². The zero-order valence-corrected chi connectivity index (χ0v) is 12.8. The molecule has 10 heteroatoms. The summed E-state index contributed by atoms with van der Waals surface area (Å²) >= 11 is 0. The Kier molecular flexibility index (Phi) is 4.74. The van der Waals surface area contributed by atoms with Gasteiger partial charge in [-0.2, -0.15) is 4.72 Å². The number of carbonyl (C=O) groups excluding carboxylic acids is 1. The molecule has 0 radical (unpaired) electrons. The van der Waals surface area contributed by atoms with Crippen LogP contribution in [0.4, 0.5) is 0 Å². The molecule has 0 saturated heterocycles. The highest BCUT2D eigenvalue weighted by molar-refractivity contribution is 7.89. The standard InChI is InChI=1S/C11H17N3O6S/c1-6(9(16)20-11(2,3)4)14-21(18,19)7-5-12-10(17)13-8(7)15/h5-6,14H,1-4H3,(H2,12,13,15,17)/t6-/m0/s1. The predicted octanol–water partition coefficient (Wildman–Crippen LogP) is -0.928. The number of aromatic nitrogens is 2. The molecule has 0 aromatic carbocycles. The van der Waals surface area contributed by atoms with Crippen LogP contribution in [0.5, 0.6) is 0 Å². The highest BCUT2D eigenvalue weighted by Crippen LogP contribution is 2.09. The van der Waals surface area contributed by atoms with Crippen molar-refractivity contribution < 1.29 is 17.9 Å². The third kappa shape index (κ3) is 4.83. The summed E-state index contributed by atoms with van der Waals surface area (Å²) in [5.74, 6) is -0.785. The van der Waals surface area contributed by atoms with Crippen molar-refractivity contribution in [1.82, 2.24) is 14.7 Å². The summed E-state index contributed by atoms with van der Waals surface area (Å²) in [5, 5.41) is 0. The number of aromatic amines is 2. The van der Waals surface area contributed by atoms with E-state index in [9.17, 15) is 22.8 Å². The summed E-state index contributed by atoms with van der Waals surface area (Å²) in [6, 6.07) is -1.19. The van der Waals surface area contributed by atoms with Crippen LogP contribution in [0.3, 0.4) is 0 Å². The first-order chi connectivity index (χ1) is 9.42. The van der Waals surface area contributed by atoms with Crippen LogP contribution in [-0.2, 0) is 19.6 Å². The lowest BCUT2D eigenvalue weighted by atomic mass is 10.2. The topological polar surface area (TPSA) is 138 Å². The Labute approximate surface area is 120 Å². The zero-order chi connectivity index (χ0) is 16.4. The summed E-state index contributed by atoms with van der Waals surface area (Å²) in [6.07, 6.45) is 0.755. The van der Waals surface area contributed by atoms with Crippen molar-refractivity contribution >= 4 is 16.0 Å². The first-order valence-corrected chi connectivity index (χ1v) is 7.48. The third-order valence-electron chi connectivity index (χ3n) is 2.17. The van der Waals surface area contributed by atoms with Crippen molar-refractivity contribution in [2.75, 3.05) is 0 Å². The van der Waals surface area contributed by atoms with E-state index in [4.69, 9.17) is 4.74 Å². The van der Waals surface area contributed by atoms with Gasteiger partial charge in [0.25, 0.3) is 5.56 Å². The van der Waals surface area contributed by atoms with Crippen molar-refractivity contribution in [2.45, 2.75) is 44.2 Å². The Bertz CT molecular complexity index is 740. The molecule has 1 atom stereocenters. The molecule has 21 heavy (non-hydrogen) atoms. The molecule has 0 fully saturated rings. The fourth-order valence-corrected chi connectivity index (χ4v) is 2.53. The Hall–Kier alpha value is -1.94. The van der Waals surface area contributed by atoms with Crippen molar-refractivity contribution in [3.05, 3.63) is 27.0 Å². The van der Waals surface area contributed by atoms with Gasteiger partial charge in [0.1, 0.15) is 11.6 Å². The minimum Gasteiger partial charge on any atom is -0.459 e. The highest BCUT2D eigenvalue weighted by atomic mass is 32.2. The first-order valence-electron chi connectivity index (χ1n) is 5.99. The molecule has 1 aromatic heterocycles. The average Bonchev–Trinajstić information content (AvgIpc) is 2.24. The second kappa shape index (κ2) is 5.82. The maximum absolute atomic E-state index is 12.0. The van der Waals surface area contributed by atoms with E-state index in [2.05, 4.69) is 0 Å². The monoisotopic (exact) mass is 319 g/mol. The molecule has 0 amide bonds. The maximum Gasteiger partial charge on any atom is 0.325 e. The molecule has 1 heterocycles. The molecular formula is C11H17N3O6S. The fraction of sp³-hybridized carbons (Fsp3) is 0.545. The molecule has 0 aliphatic heterocycles. The molecule has 1 aromatic rings. The minimum atomic E-state index is -4.27. The van der Waals surface area contributed by atoms with Crippen LogP contribution < -0.4 is 16.0 Å². The van der Waals surface area contributed by atoms with Crippen LogP contribution in [0.1, 0.15) is 27.7 Å². The predicted molar refractivity (Wildman–Crippen MR) is 73.3 cm³/mol. The summed E-state index contributed by atoms with van der Waals surface area (Å²) in [5.41, 5.74) is -2.69. The second-order valence-electron chi connectivity index (χ2n) is 5.31. The van der Waals surface area contributed by atoms with Crippen LogP contribution >= 0.6 is 0 Å². The summed E-state index contributed by atoms with van der Waals surface area (Å²) in [4.78, 5) is 37.2. The SMILES string of the molecule is C[C@H](NS(=O)(=O)c1c[nH]c(=O)[nH]c1=O)C(=O)OC(C)(C)C. The largest absolute Gasteiger partial charge is 0.459 e. The smallest absolute Gasteiger partial charge is 0.325 e. The number of hydrogen-bond acceptors (Lipinski definition) is 6. The summed E-state index contributed by atoms with van der Waals surface area (Å²) < 4.78 is 31.0. The Morgan fingerprint density at radius 1 is 1.33 bits per heavy atom. The minimum absolute atomic E-state index is 0.697. The van der Waals surface area contributed by atoms with E-state index in [0.717, 1.165) is 6.20 Å². The first kappa shape index (κ1) is 17.1. The lowest BCUT2D eigenvalue weighted by Crippen LogP contribution is -2.43. The summed E-state index contributed by atoms with van der Waals surface area (Å²) in [6.45, 7) is 6.20. The van der Waals surface area contributed by atoms with Gasteiger partial charge in [-0.05, 0) is 27.7 Å². The van der Waals surface area contributed by atoms with Gasteiger partial charge in [-0.1, -0.05) is 0 Å². The van der Waals surface area contributed by atoms with Gasteiger partial charge in [-0.15, -0.1) is 0 Å². The molecule has 0 unspecified atom stereocenters. The zero-order valence-electron chi connectivity index (χ0n) is 12.0. The van der Waals surface area contributed by atoms with Crippen molar-refractivity contribution in [1.29, 1.82) is 0 Å². The van der Waals surface area contributed by atoms with Gasteiger partial charge >= 0.3 is 11.7 Å². The molecule has 0 bridgehead atoms. The number of hydrogen-bond donors (Lipinski definition) is 3. The van der Waals surface area contributed by atoms with E-state index in [1.807, 2.05) is 9.71 Å². The molecule has 9 nitrogen and oxygen atoms in total. The maximum atomic E-state index is 12.0. The molecule has 0 aliphatic rings. The van der Waals surface area contributed by atoms with Gasteiger partial charge in [0.2, 0.25) is 10.0 Å². The van der Waals surface area contributed by atoms with Gasteiger partial charge in [-0.25, -0.2) is 13.2 Å². The van der Waals surface area contributed by atoms with Gasteiger partial charge in [-0.3, -0.25) is 14.6 Å². The van der Waals surface area contributed by atoms with Crippen LogP contribution in [0.25, 0.3) is 0 Å². The number of sulfonamides is 1. The number of esters is 1. The molecule has 0 spiro atoms. The van der Waals surface area contributed by atoms with Gasteiger partial charge in [0.05, 0.1) is 0 Å². The van der Waals surface area contributed by atoms with Crippen molar-refractivity contribution in [2.24, 2.45) is 0 Å². The number of nitrogens with one attached hydrogen (secondary N) is 3. The van der Waals surface area contributed by atoms with E-state index >= 15 is 0 Å². The Morgan fingerprint density at radius 3 is 2.38 bits per heavy atom. The lowest BCUT2D eigenvalue weighted by Gasteiger charge is -2.22. The van der Waals surface area contributed by atoms with E-state index in [1.165, 1.54) is 6.92 Å². The van der Waals surface area contributed by atoms with Crippen molar-refractivity contribution in [3.63, 3.8) is 0 Å². The number of rotatable bonds is 4. The fourth-order valence-electron chi connectivity index (χ4n) is 1.33. The Morgan fingerprint density at radius 2 is 1.90 bits per heavy atom. The molecule has 118 valence electrons. The lowest BCUT2D eigenvalue weighted by molar-refractivity contribution is -0.156. The van der Waals surface area contributed by atoms with Gasteiger partial charge in [0.15, 0.2) is 4.90 Å². The van der Waals surface area contributed by atoms with Gasteiger partial charge < -0.3 is 9.72 Å². The van der Waals surface area contributed by atoms with E-state index < -0.39 is 43.8 Å². The van der Waals surface area contributed by atoms with Crippen LogP contribution in [0.15, 0.2) is 20.7 Å². The van der Waals surface area contributed by atoms with E-state index in [1.54, 1.807) is 25.8 Å². The van der Waals surface area contributed by atoms with Crippen molar-refractivity contribution in [3.8, 4) is 0 Å². The van der Waals surface area contributed by atoms with Crippen LogP contribution in [-0.4, -0.2) is 36.0 Å². The molecular weight excluding hydrogens is 302 g/mol. The molecule has 3 N–H and O–H groups in total.